The van der Waals surface area contributed by atoms with Gasteiger partial charge in [0.2, 0.25) is 0 Å². The van der Waals surface area contributed by atoms with Crippen LogP contribution in [0.3, 0.4) is 0 Å². The third-order valence-corrected chi connectivity index (χ3v) is 3.72. The molecule has 1 aliphatic rings. The van der Waals surface area contributed by atoms with Crippen molar-refractivity contribution in [3.63, 3.8) is 0 Å². The molecule has 0 unspecified atom stereocenters. The second-order valence-electron chi connectivity index (χ2n) is 3.96. The first kappa shape index (κ1) is 11.0. The lowest BCUT2D eigenvalue weighted by atomic mass is 10.2. The number of ether oxygens (including phenoxy) is 1. The van der Waals surface area contributed by atoms with Gasteiger partial charge in [-0.2, -0.15) is 0 Å². The summed E-state index contributed by atoms with van der Waals surface area (Å²) in [4.78, 5) is 6.15. The quantitative estimate of drug-likeness (QED) is 0.805. The number of thiazole rings is 1. The fraction of sp³-hybridized carbons (Fsp3) is 0.727. The molecule has 1 aliphatic carbocycles. The van der Waals surface area contributed by atoms with Crippen LogP contribution < -0.4 is 5.32 Å². The molecule has 15 heavy (non-hydrogen) atoms. The Morgan fingerprint density at radius 2 is 2.33 bits per heavy atom. The molecule has 84 valence electrons. The van der Waals surface area contributed by atoms with E-state index in [9.17, 15) is 0 Å². The van der Waals surface area contributed by atoms with Gasteiger partial charge in [0, 0.05) is 30.9 Å². The molecule has 1 fully saturated rings. The van der Waals surface area contributed by atoms with Crippen LogP contribution in [0.1, 0.15) is 34.3 Å². The van der Waals surface area contributed by atoms with Crippen LogP contribution in [0.25, 0.3) is 0 Å². The van der Waals surface area contributed by atoms with Gasteiger partial charge >= 0.3 is 0 Å². The van der Waals surface area contributed by atoms with Gasteiger partial charge in [0.1, 0.15) is 0 Å². The van der Waals surface area contributed by atoms with Crippen molar-refractivity contribution in [1.29, 1.82) is 0 Å². The van der Waals surface area contributed by atoms with Crippen LogP contribution in [0.5, 0.6) is 0 Å². The Hall–Kier alpha value is -0.450. The first-order chi connectivity index (χ1) is 7.35. The highest BCUT2D eigenvalue weighted by molar-refractivity contribution is 7.11. The molecule has 0 bridgehead atoms. The van der Waals surface area contributed by atoms with E-state index in [2.05, 4.69) is 5.32 Å². The first-order valence-electron chi connectivity index (χ1n) is 5.47. The van der Waals surface area contributed by atoms with Crippen molar-refractivity contribution >= 4 is 11.3 Å². The Labute approximate surface area is 94.9 Å². The number of nitrogens with one attached hydrogen (secondary N) is 1. The molecular formula is C11H18N2OS. The third kappa shape index (κ3) is 2.77. The Bertz CT molecular complexity index is 320. The van der Waals surface area contributed by atoms with Crippen LogP contribution in [-0.4, -0.2) is 25.7 Å². The summed E-state index contributed by atoms with van der Waals surface area (Å²) in [6, 6.07) is 0. The molecule has 0 saturated heterocycles. The lowest BCUT2D eigenvalue weighted by molar-refractivity contribution is 0.202. The zero-order valence-electron chi connectivity index (χ0n) is 9.38. The molecule has 1 N–H and O–H groups in total. The molecule has 4 heteroatoms. The maximum atomic E-state index is 5.08. The largest absolute Gasteiger partial charge is 0.384 e. The van der Waals surface area contributed by atoms with Crippen molar-refractivity contribution in [3.05, 3.63) is 15.6 Å². The topological polar surface area (TPSA) is 34.1 Å². The van der Waals surface area contributed by atoms with E-state index in [-0.39, 0.29) is 0 Å². The zero-order valence-corrected chi connectivity index (χ0v) is 10.2. The van der Waals surface area contributed by atoms with Gasteiger partial charge in [-0.15, -0.1) is 11.3 Å². The molecule has 1 aromatic rings. The number of rotatable bonds is 6. The Morgan fingerprint density at radius 3 is 2.93 bits per heavy atom. The van der Waals surface area contributed by atoms with Crippen LogP contribution in [0.4, 0.5) is 0 Å². The average Bonchev–Trinajstić information content (AvgIpc) is 3.00. The zero-order chi connectivity index (χ0) is 10.7. The van der Waals surface area contributed by atoms with E-state index >= 15 is 0 Å². The van der Waals surface area contributed by atoms with Gasteiger partial charge < -0.3 is 10.1 Å². The van der Waals surface area contributed by atoms with Crippen molar-refractivity contribution in [2.45, 2.75) is 31.7 Å². The smallest absolute Gasteiger partial charge is 0.0954 e. The number of hydrogen-bond acceptors (Lipinski definition) is 4. The molecule has 0 radical (unpaired) electrons. The summed E-state index contributed by atoms with van der Waals surface area (Å²) in [5.74, 6) is 0.751. The summed E-state index contributed by atoms with van der Waals surface area (Å²) in [6.07, 6.45) is 3.60. The summed E-state index contributed by atoms with van der Waals surface area (Å²) in [6.45, 7) is 1.73. The van der Waals surface area contributed by atoms with Crippen molar-refractivity contribution in [1.82, 2.24) is 10.3 Å². The fourth-order valence-electron chi connectivity index (χ4n) is 1.67. The summed E-state index contributed by atoms with van der Waals surface area (Å²) in [7, 11) is 3.73. The second kappa shape index (κ2) is 5.05. The van der Waals surface area contributed by atoms with Gasteiger partial charge in [-0.05, 0) is 19.9 Å². The highest BCUT2D eigenvalue weighted by atomic mass is 32.1. The molecule has 1 heterocycles. The minimum absolute atomic E-state index is 0.751. The van der Waals surface area contributed by atoms with E-state index in [0.29, 0.717) is 0 Å². The lowest BCUT2D eigenvalue weighted by Gasteiger charge is -1.97. The van der Waals surface area contributed by atoms with Crippen molar-refractivity contribution in [2.75, 3.05) is 20.8 Å². The molecular weight excluding hydrogens is 208 g/mol. The molecule has 0 amide bonds. The fourth-order valence-corrected chi connectivity index (χ4v) is 2.82. The van der Waals surface area contributed by atoms with E-state index in [4.69, 9.17) is 9.72 Å². The van der Waals surface area contributed by atoms with Crippen molar-refractivity contribution in [3.8, 4) is 0 Å². The van der Waals surface area contributed by atoms with Gasteiger partial charge in [0.25, 0.3) is 0 Å². The Kier molecular flexibility index (Phi) is 3.72. The summed E-state index contributed by atoms with van der Waals surface area (Å²) in [5.41, 5.74) is 1.35. The maximum absolute atomic E-state index is 5.08. The van der Waals surface area contributed by atoms with Crippen molar-refractivity contribution < 1.29 is 4.74 Å². The van der Waals surface area contributed by atoms with Gasteiger partial charge in [0.05, 0.1) is 17.3 Å². The molecule has 0 spiro atoms. The molecule has 3 nitrogen and oxygen atoms in total. The molecule has 0 atom stereocenters. The van der Waals surface area contributed by atoms with E-state index in [0.717, 1.165) is 25.5 Å². The normalized spacial score (nSPS) is 15.9. The van der Waals surface area contributed by atoms with Gasteiger partial charge in [-0.25, -0.2) is 4.98 Å². The molecule has 2 rings (SSSR count). The number of nitrogens with zero attached hydrogens (tertiary/aromatic N) is 1. The predicted octanol–water partition coefficient (Wildman–Crippen LogP) is 1.93. The SMILES string of the molecule is CNCc1sc(CCOC)nc1C1CC1. The van der Waals surface area contributed by atoms with E-state index in [1.807, 2.05) is 18.4 Å². The molecule has 0 aliphatic heterocycles. The van der Waals surface area contributed by atoms with Crippen LogP contribution in [0, 0.1) is 0 Å². The number of hydrogen-bond donors (Lipinski definition) is 1. The van der Waals surface area contributed by atoms with Gasteiger partial charge in [0.15, 0.2) is 0 Å². The Balaban J connectivity index is 2.08. The highest BCUT2D eigenvalue weighted by Gasteiger charge is 2.29. The molecule has 1 saturated carbocycles. The summed E-state index contributed by atoms with van der Waals surface area (Å²) in [5, 5.41) is 4.44. The number of methoxy groups -OCH3 is 1. The summed E-state index contributed by atoms with van der Waals surface area (Å²) >= 11 is 1.84. The first-order valence-corrected chi connectivity index (χ1v) is 6.28. The van der Waals surface area contributed by atoms with E-state index in [1.54, 1.807) is 7.11 Å². The molecule has 0 aromatic carbocycles. The second-order valence-corrected chi connectivity index (χ2v) is 5.13. The monoisotopic (exact) mass is 226 g/mol. The minimum atomic E-state index is 0.751. The maximum Gasteiger partial charge on any atom is 0.0954 e. The van der Waals surface area contributed by atoms with Crippen LogP contribution >= 0.6 is 11.3 Å². The van der Waals surface area contributed by atoms with Crippen LogP contribution in [-0.2, 0) is 17.7 Å². The standard InChI is InChI=1S/C11H18N2OS/c1-12-7-9-11(8-3-4-8)13-10(15-9)5-6-14-2/h8,12H,3-7H2,1-2H3. The predicted molar refractivity (Wildman–Crippen MR) is 62.4 cm³/mol. The minimum Gasteiger partial charge on any atom is -0.384 e. The number of aromatic nitrogens is 1. The highest BCUT2D eigenvalue weighted by Crippen LogP contribution is 2.42. The average molecular weight is 226 g/mol. The van der Waals surface area contributed by atoms with Crippen LogP contribution in [0.2, 0.25) is 0 Å². The lowest BCUT2D eigenvalue weighted by Crippen LogP contribution is -2.05. The van der Waals surface area contributed by atoms with Gasteiger partial charge in [-0.3, -0.25) is 0 Å². The Morgan fingerprint density at radius 1 is 1.53 bits per heavy atom. The molecule has 1 aromatic heterocycles. The van der Waals surface area contributed by atoms with Crippen molar-refractivity contribution in [2.24, 2.45) is 0 Å². The third-order valence-electron chi connectivity index (χ3n) is 2.59. The van der Waals surface area contributed by atoms with E-state index in [1.165, 1.54) is 28.4 Å². The summed E-state index contributed by atoms with van der Waals surface area (Å²) < 4.78 is 5.08. The van der Waals surface area contributed by atoms with Crippen LogP contribution in [0.15, 0.2) is 0 Å². The van der Waals surface area contributed by atoms with Gasteiger partial charge in [-0.1, -0.05) is 0 Å². The van der Waals surface area contributed by atoms with E-state index < -0.39 is 0 Å².